The summed E-state index contributed by atoms with van der Waals surface area (Å²) < 4.78 is 2.12. The second kappa shape index (κ2) is 4.33. The smallest absolute Gasteiger partial charge is 0.0862 e. The van der Waals surface area contributed by atoms with Crippen LogP contribution in [0.3, 0.4) is 0 Å². The van der Waals surface area contributed by atoms with E-state index >= 15 is 0 Å². The fraction of sp³-hybridized carbons (Fsp3) is 0.833. The fourth-order valence-electron chi connectivity index (χ4n) is 2.46. The lowest BCUT2D eigenvalue weighted by Crippen LogP contribution is -2.12. The summed E-state index contributed by atoms with van der Waals surface area (Å²) in [6.45, 7) is 6.67. The molecule has 1 heterocycles. The third-order valence-electron chi connectivity index (χ3n) is 3.31. The number of nitrogens with zero attached hydrogens (tertiary/aromatic N) is 3. The van der Waals surface area contributed by atoms with Crippen LogP contribution in [0.1, 0.15) is 69.8 Å². The lowest BCUT2D eigenvalue weighted by atomic mass is 9.93. The topological polar surface area (TPSA) is 30.7 Å². The maximum atomic E-state index is 4.34. The van der Waals surface area contributed by atoms with Crippen molar-refractivity contribution >= 4 is 0 Å². The van der Waals surface area contributed by atoms with E-state index in [0.29, 0.717) is 12.0 Å². The Hall–Kier alpha value is -0.860. The second-order valence-electron chi connectivity index (χ2n) is 4.96. The molecule has 0 aliphatic heterocycles. The summed E-state index contributed by atoms with van der Waals surface area (Å²) in [5, 5.41) is 8.64. The van der Waals surface area contributed by atoms with Crippen LogP contribution < -0.4 is 0 Å². The van der Waals surface area contributed by atoms with Gasteiger partial charge < -0.3 is 0 Å². The van der Waals surface area contributed by atoms with Gasteiger partial charge in [-0.2, -0.15) is 0 Å². The molecule has 0 radical (unpaired) electrons. The molecule has 1 aromatic heterocycles. The Balaban J connectivity index is 2.37. The van der Waals surface area contributed by atoms with Gasteiger partial charge in [-0.25, -0.2) is 4.68 Å². The molecule has 0 saturated carbocycles. The Morgan fingerprint density at radius 2 is 2.07 bits per heavy atom. The molecule has 0 spiro atoms. The SMILES string of the molecule is CC1CCCCCc2nnn(C(C)C)c21. The minimum Gasteiger partial charge on any atom is -0.246 e. The molecule has 0 aromatic carbocycles. The van der Waals surface area contributed by atoms with Gasteiger partial charge in [-0.1, -0.05) is 25.0 Å². The lowest BCUT2D eigenvalue weighted by Gasteiger charge is -2.19. The summed E-state index contributed by atoms with van der Waals surface area (Å²) in [7, 11) is 0. The maximum Gasteiger partial charge on any atom is 0.0862 e. The number of rotatable bonds is 1. The number of aryl methyl sites for hydroxylation is 1. The zero-order chi connectivity index (χ0) is 10.8. The van der Waals surface area contributed by atoms with E-state index in [0.717, 1.165) is 6.42 Å². The zero-order valence-corrected chi connectivity index (χ0v) is 10.0. The van der Waals surface area contributed by atoms with E-state index in [1.807, 2.05) is 0 Å². The first-order valence-corrected chi connectivity index (χ1v) is 6.14. The van der Waals surface area contributed by atoms with Crippen LogP contribution in [0, 0.1) is 0 Å². The average molecular weight is 207 g/mol. The maximum absolute atomic E-state index is 4.34. The van der Waals surface area contributed by atoms with Gasteiger partial charge in [0.05, 0.1) is 11.4 Å². The van der Waals surface area contributed by atoms with Gasteiger partial charge in [0.2, 0.25) is 0 Å². The second-order valence-corrected chi connectivity index (χ2v) is 4.96. The van der Waals surface area contributed by atoms with Gasteiger partial charge >= 0.3 is 0 Å². The Kier molecular flexibility index (Phi) is 3.08. The highest BCUT2D eigenvalue weighted by atomic mass is 15.4. The molecule has 1 atom stereocenters. The normalized spacial score (nSPS) is 22.3. The van der Waals surface area contributed by atoms with Crippen LogP contribution in [-0.2, 0) is 6.42 Å². The van der Waals surface area contributed by atoms with Crippen molar-refractivity contribution in [2.75, 3.05) is 0 Å². The highest BCUT2D eigenvalue weighted by Gasteiger charge is 2.21. The van der Waals surface area contributed by atoms with Gasteiger partial charge in [0.1, 0.15) is 0 Å². The van der Waals surface area contributed by atoms with E-state index in [9.17, 15) is 0 Å². The van der Waals surface area contributed by atoms with E-state index in [4.69, 9.17) is 0 Å². The van der Waals surface area contributed by atoms with Crippen LogP contribution in [-0.4, -0.2) is 15.0 Å². The molecule has 0 fully saturated rings. The van der Waals surface area contributed by atoms with Gasteiger partial charge in [0.15, 0.2) is 0 Å². The predicted molar refractivity (Wildman–Crippen MR) is 61.0 cm³/mol. The van der Waals surface area contributed by atoms with E-state index in [2.05, 4.69) is 35.8 Å². The number of hydrogen-bond donors (Lipinski definition) is 0. The molecule has 1 unspecified atom stereocenters. The molecule has 1 aromatic rings. The first-order chi connectivity index (χ1) is 7.20. The molecular weight excluding hydrogens is 186 g/mol. The third kappa shape index (κ3) is 2.06. The monoisotopic (exact) mass is 207 g/mol. The number of aromatic nitrogens is 3. The molecular formula is C12H21N3. The van der Waals surface area contributed by atoms with Crippen molar-refractivity contribution in [1.82, 2.24) is 15.0 Å². The molecule has 2 rings (SSSR count). The molecule has 3 nitrogen and oxygen atoms in total. The molecule has 15 heavy (non-hydrogen) atoms. The quantitative estimate of drug-likeness (QED) is 0.708. The first-order valence-electron chi connectivity index (χ1n) is 6.14. The Bertz CT molecular complexity index is 328. The Morgan fingerprint density at radius 1 is 1.27 bits per heavy atom. The van der Waals surface area contributed by atoms with Crippen LogP contribution in [0.25, 0.3) is 0 Å². The molecule has 1 aliphatic carbocycles. The van der Waals surface area contributed by atoms with Gasteiger partial charge in [0, 0.05) is 6.04 Å². The minimum absolute atomic E-state index is 0.433. The molecule has 1 aliphatic rings. The van der Waals surface area contributed by atoms with Crippen molar-refractivity contribution in [2.45, 2.75) is 64.8 Å². The van der Waals surface area contributed by atoms with Crippen LogP contribution in [0.4, 0.5) is 0 Å². The van der Waals surface area contributed by atoms with E-state index in [-0.39, 0.29) is 0 Å². The van der Waals surface area contributed by atoms with E-state index < -0.39 is 0 Å². The Morgan fingerprint density at radius 3 is 2.80 bits per heavy atom. The highest BCUT2D eigenvalue weighted by molar-refractivity contribution is 5.16. The summed E-state index contributed by atoms with van der Waals surface area (Å²) in [5.74, 6) is 0.623. The van der Waals surface area contributed by atoms with Crippen LogP contribution in [0.15, 0.2) is 0 Å². The Labute approximate surface area is 91.9 Å². The van der Waals surface area contributed by atoms with Crippen molar-refractivity contribution in [3.05, 3.63) is 11.4 Å². The molecule has 0 bridgehead atoms. The molecule has 3 heteroatoms. The molecule has 84 valence electrons. The average Bonchev–Trinajstić information content (AvgIpc) is 2.57. The summed E-state index contributed by atoms with van der Waals surface area (Å²) >= 11 is 0. The van der Waals surface area contributed by atoms with Crippen LogP contribution in [0.5, 0.6) is 0 Å². The largest absolute Gasteiger partial charge is 0.246 e. The number of fused-ring (bicyclic) bond motifs is 1. The van der Waals surface area contributed by atoms with Crippen molar-refractivity contribution < 1.29 is 0 Å². The summed E-state index contributed by atoms with van der Waals surface area (Å²) in [5.41, 5.74) is 2.64. The fourth-order valence-corrected chi connectivity index (χ4v) is 2.46. The zero-order valence-electron chi connectivity index (χ0n) is 10.0. The van der Waals surface area contributed by atoms with Crippen molar-refractivity contribution in [2.24, 2.45) is 0 Å². The van der Waals surface area contributed by atoms with E-state index in [1.165, 1.54) is 37.1 Å². The minimum atomic E-state index is 0.433. The lowest BCUT2D eigenvalue weighted by molar-refractivity contribution is 0.459. The van der Waals surface area contributed by atoms with Crippen molar-refractivity contribution in [1.29, 1.82) is 0 Å². The molecule has 0 saturated heterocycles. The summed E-state index contributed by atoms with van der Waals surface area (Å²) in [6, 6.07) is 0.433. The van der Waals surface area contributed by atoms with Gasteiger partial charge in [-0.3, -0.25) is 0 Å². The van der Waals surface area contributed by atoms with Crippen molar-refractivity contribution in [3.63, 3.8) is 0 Å². The molecule has 0 N–H and O–H groups in total. The van der Waals surface area contributed by atoms with Gasteiger partial charge in [0.25, 0.3) is 0 Å². The summed E-state index contributed by atoms with van der Waals surface area (Å²) in [6.07, 6.45) is 6.37. The van der Waals surface area contributed by atoms with Gasteiger partial charge in [-0.05, 0) is 39.0 Å². The highest BCUT2D eigenvalue weighted by Crippen LogP contribution is 2.29. The van der Waals surface area contributed by atoms with Gasteiger partial charge in [-0.15, -0.1) is 5.10 Å². The van der Waals surface area contributed by atoms with Crippen LogP contribution >= 0.6 is 0 Å². The van der Waals surface area contributed by atoms with Crippen molar-refractivity contribution in [3.8, 4) is 0 Å². The first kappa shape index (κ1) is 10.7. The predicted octanol–water partition coefficient (Wildman–Crippen LogP) is 3.08. The standard InChI is InChI=1S/C12H21N3/c1-9(2)15-12-10(3)7-5-4-6-8-11(12)13-14-15/h9-10H,4-8H2,1-3H3. The van der Waals surface area contributed by atoms with E-state index in [1.54, 1.807) is 0 Å². The molecule has 0 amide bonds. The number of hydrogen-bond acceptors (Lipinski definition) is 2. The third-order valence-corrected chi connectivity index (χ3v) is 3.31. The summed E-state index contributed by atoms with van der Waals surface area (Å²) in [4.78, 5) is 0. The van der Waals surface area contributed by atoms with Crippen LogP contribution in [0.2, 0.25) is 0 Å².